The third-order valence-electron chi connectivity index (χ3n) is 3.82. The van der Waals surface area contributed by atoms with Crippen molar-refractivity contribution in [2.75, 3.05) is 0 Å². The zero-order valence-corrected chi connectivity index (χ0v) is 14.6. The Labute approximate surface area is 154 Å². The van der Waals surface area contributed by atoms with Crippen LogP contribution in [-0.4, -0.2) is 30.4 Å². The van der Waals surface area contributed by atoms with E-state index in [9.17, 15) is 14.9 Å². The molecular formula is C17H18N6O4. The minimum Gasteiger partial charge on any atom is -0.464 e. The van der Waals surface area contributed by atoms with Gasteiger partial charge in [0.1, 0.15) is 5.69 Å². The highest BCUT2D eigenvalue weighted by Crippen LogP contribution is 2.25. The maximum Gasteiger partial charge on any atom is 0.311 e. The summed E-state index contributed by atoms with van der Waals surface area (Å²) in [5.74, 6) is -0.194. The van der Waals surface area contributed by atoms with E-state index in [0.29, 0.717) is 6.54 Å². The van der Waals surface area contributed by atoms with Crippen molar-refractivity contribution < 1.29 is 14.5 Å². The molecule has 10 nitrogen and oxygen atoms in total. The van der Waals surface area contributed by atoms with Crippen LogP contribution in [-0.2, 0) is 19.8 Å². The molecule has 0 aliphatic carbocycles. The molecule has 2 heterocycles. The molecular weight excluding hydrogens is 352 g/mol. The Morgan fingerprint density at radius 3 is 2.89 bits per heavy atom. The Morgan fingerprint density at radius 2 is 2.11 bits per heavy atom. The van der Waals surface area contributed by atoms with Crippen LogP contribution in [0.4, 0.5) is 5.69 Å². The second-order valence-electron chi connectivity index (χ2n) is 5.56. The van der Waals surface area contributed by atoms with Crippen molar-refractivity contribution in [3.8, 4) is 5.75 Å². The van der Waals surface area contributed by atoms with Crippen molar-refractivity contribution >= 4 is 11.6 Å². The molecule has 0 aliphatic heterocycles. The summed E-state index contributed by atoms with van der Waals surface area (Å²) in [5.41, 5.74) is 0.990. The average molecular weight is 370 g/mol. The number of aryl methyl sites for hydroxylation is 1. The standard InChI is InChI=1S/C17H18N6O4/c1-2-22-13(7-9-19-22)11-18-17(24)14-8-10-21(20-14)12-27-16-6-4-3-5-15(16)23(25)26/h3-10H,2,11-12H2,1H3,(H,18,24). The molecule has 27 heavy (non-hydrogen) atoms. The number of hydrogen-bond acceptors (Lipinski definition) is 6. The highest BCUT2D eigenvalue weighted by atomic mass is 16.6. The fourth-order valence-electron chi connectivity index (χ4n) is 2.48. The Hall–Kier alpha value is -3.69. The molecule has 3 rings (SSSR count). The topological polar surface area (TPSA) is 117 Å². The van der Waals surface area contributed by atoms with Crippen LogP contribution in [0.3, 0.4) is 0 Å². The van der Waals surface area contributed by atoms with Crippen LogP contribution in [0, 0.1) is 10.1 Å². The summed E-state index contributed by atoms with van der Waals surface area (Å²) in [4.78, 5) is 22.7. The average Bonchev–Trinajstić information content (AvgIpc) is 3.33. The normalized spacial score (nSPS) is 10.6. The lowest BCUT2D eigenvalue weighted by atomic mass is 10.3. The molecule has 1 amide bonds. The first-order chi connectivity index (χ1) is 13.1. The third kappa shape index (κ3) is 4.29. The van der Waals surface area contributed by atoms with Crippen LogP contribution in [0.2, 0.25) is 0 Å². The molecule has 0 atom stereocenters. The minimum atomic E-state index is -0.516. The van der Waals surface area contributed by atoms with Crippen LogP contribution < -0.4 is 10.1 Å². The number of nitrogens with one attached hydrogen (secondary N) is 1. The predicted molar refractivity (Wildman–Crippen MR) is 95.0 cm³/mol. The monoisotopic (exact) mass is 370 g/mol. The maximum atomic E-state index is 12.2. The molecule has 0 saturated carbocycles. The Kier molecular flexibility index (Phi) is 5.45. The summed E-state index contributed by atoms with van der Waals surface area (Å²) in [5, 5.41) is 22.0. The van der Waals surface area contributed by atoms with Crippen molar-refractivity contribution in [2.24, 2.45) is 0 Å². The Bertz CT molecular complexity index is 948. The van der Waals surface area contributed by atoms with Gasteiger partial charge in [0, 0.05) is 25.0 Å². The lowest BCUT2D eigenvalue weighted by molar-refractivity contribution is -0.386. The molecule has 0 fully saturated rings. The van der Waals surface area contributed by atoms with Crippen molar-refractivity contribution in [2.45, 2.75) is 26.7 Å². The molecule has 140 valence electrons. The number of para-hydroxylation sites is 2. The van der Waals surface area contributed by atoms with Gasteiger partial charge in [-0.2, -0.15) is 10.2 Å². The molecule has 0 unspecified atom stereocenters. The molecule has 0 aliphatic rings. The zero-order valence-electron chi connectivity index (χ0n) is 14.6. The highest BCUT2D eigenvalue weighted by Gasteiger charge is 2.15. The van der Waals surface area contributed by atoms with E-state index in [1.165, 1.54) is 16.8 Å². The van der Waals surface area contributed by atoms with Gasteiger partial charge in [-0.15, -0.1) is 0 Å². The van der Waals surface area contributed by atoms with Crippen molar-refractivity contribution in [1.29, 1.82) is 0 Å². The predicted octanol–water partition coefficient (Wildman–Crippen LogP) is 1.97. The molecule has 1 N–H and O–H groups in total. The molecule has 0 saturated heterocycles. The van der Waals surface area contributed by atoms with Crippen LogP contribution in [0.5, 0.6) is 5.75 Å². The number of nitro benzene ring substituents is 1. The first-order valence-electron chi connectivity index (χ1n) is 8.27. The Morgan fingerprint density at radius 1 is 1.30 bits per heavy atom. The highest BCUT2D eigenvalue weighted by molar-refractivity contribution is 5.92. The zero-order chi connectivity index (χ0) is 19.2. The second-order valence-corrected chi connectivity index (χ2v) is 5.56. The number of nitro groups is 1. The van der Waals surface area contributed by atoms with E-state index in [2.05, 4.69) is 15.5 Å². The molecule has 0 spiro atoms. The fourth-order valence-corrected chi connectivity index (χ4v) is 2.48. The number of ether oxygens (including phenoxy) is 1. The molecule has 2 aromatic heterocycles. The SMILES string of the molecule is CCn1nccc1CNC(=O)c1ccn(COc2ccccc2[N+](=O)[O-])n1. The number of benzene rings is 1. The first kappa shape index (κ1) is 18.1. The first-order valence-corrected chi connectivity index (χ1v) is 8.27. The number of nitrogens with zero attached hydrogens (tertiary/aromatic N) is 5. The summed E-state index contributed by atoms with van der Waals surface area (Å²) in [6.07, 6.45) is 3.25. The van der Waals surface area contributed by atoms with Crippen molar-refractivity contribution in [1.82, 2.24) is 24.9 Å². The van der Waals surface area contributed by atoms with Gasteiger partial charge >= 0.3 is 5.69 Å². The lowest BCUT2D eigenvalue weighted by Gasteiger charge is -2.07. The number of hydrogen-bond donors (Lipinski definition) is 1. The minimum absolute atomic E-state index is 0.0548. The summed E-state index contributed by atoms with van der Waals surface area (Å²) < 4.78 is 8.62. The van der Waals surface area contributed by atoms with Crippen LogP contribution in [0.25, 0.3) is 0 Å². The van der Waals surface area contributed by atoms with E-state index < -0.39 is 4.92 Å². The summed E-state index contributed by atoms with van der Waals surface area (Å²) in [6, 6.07) is 9.46. The summed E-state index contributed by atoms with van der Waals surface area (Å²) in [6.45, 7) is 2.97. The van der Waals surface area contributed by atoms with E-state index >= 15 is 0 Å². The molecule has 1 aromatic carbocycles. The van der Waals surface area contributed by atoms with E-state index in [1.54, 1.807) is 35.3 Å². The molecule has 3 aromatic rings. The lowest BCUT2D eigenvalue weighted by Crippen LogP contribution is -2.25. The van der Waals surface area contributed by atoms with Crippen molar-refractivity contribution in [3.63, 3.8) is 0 Å². The molecule has 10 heteroatoms. The number of amides is 1. The fraction of sp³-hybridized carbons (Fsp3) is 0.235. The quantitative estimate of drug-likeness (QED) is 0.478. The van der Waals surface area contributed by atoms with Gasteiger partial charge in [0.05, 0.1) is 17.2 Å². The Balaban J connectivity index is 1.58. The van der Waals surface area contributed by atoms with Gasteiger partial charge in [0.15, 0.2) is 12.5 Å². The number of carbonyl (C=O) groups is 1. The van der Waals surface area contributed by atoms with Crippen LogP contribution in [0.1, 0.15) is 23.1 Å². The number of rotatable bonds is 8. The number of aromatic nitrogens is 4. The second kappa shape index (κ2) is 8.13. The van der Waals surface area contributed by atoms with E-state index in [1.807, 2.05) is 13.0 Å². The van der Waals surface area contributed by atoms with E-state index in [-0.39, 0.29) is 29.8 Å². The van der Waals surface area contributed by atoms with Crippen LogP contribution >= 0.6 is 0 Å². The largest absolute Gasteiger partial charge is 0.464 e. The summed E-state index contributed by atoms with van der Waals surface area (Å²) >= 11 is 0. The van der Waals surface area contributed by atoms with Gasteiger partial charge in [-0.05, 0) is 25.1 Å². The van der Waals surface area contributed by atoms with Crippen molar-refractivity contribution in [3.05, 3.63) is 70.3 Å². The number of carbonyl (C=O) groups excluding carboxylic acids is 1. The van der Waals surface area contributed by atoms with Gasteiger partial charge in [-0.25, -0.2) is 4.68 Å². The summed E-state index contributed by atoms with van der Waals surface area (Å²) in [7, 11) is 0. The molecule has 0 radical (unpaired) electrons. The maximum absolute atomic E-state index is 12.2. The van der Waals surface area contributed by atoms with Gasteiger partial charge in [-0.1, -0.05) is 12.1 Å². The molecule has 0 bridgehead atoms. The van der Waals surface area contributed by atoms with Gasteiger partial charge in [0.25, 0.3) is 5.91 Å². The van der Waals surface area contributed by atoms with Crippen LogP contribution in [0.15, 0.2) is 48.8 Å². The van der Waals surface area contributed by atoms with E-state index in [4.69, 9.17) is 4.74 Å². The van der Waals surface area contributed by atoms with E-state index in [0.717, 1.165) is 12.2 Å². The van der Waals surface area contributed by atoms with Gasteiger partial charge in [0.2, 0.25) is 0 Å². The smallest absolute Gasteiger partial charge is 0.311 e. The van der Waals surface area contributed by atoms with Gasteiger partial charge in [-0.3, -0.25) is 19.6 Å². The van der Waals surface area contributed by atoms with Gasteiger partial charge < -0.3 is 10.1 Å². The third-order valence-corrected chi connectivity index (χ3v) is 3.82.